The van der Waals surface area contributed by atoms with E-state index in [0.717, 1.165) is 5.69 Å². The fourth-order valence-electron chi connectivity index (χ4n) is 2.14. The Hall–Kier alpha value is -2.09. The average molecular weight is 281 g/mol. The van der Waals surface area contributed by atoms with Gasteiger partial charge in [-0.2, -0.15) is 5.10 Å². The smallest absolute Gasteiger partial charge is 0.317 e. The highest BCUT2D eigenvalue weighted by Crippen LogP contribution is 2.02. The van der Waals surface area contributed by atoms with Crippen molar-refractivity contribution >= 4 is 12.0 Å². The summed E-state index contributed by atoms with van der Waals surface area (Å²) in [5.74, 6) is -0.835. The van der Waals surface area contributed by atoms with Gasteiger partial charge in [0.2, 0.25) is 0 Å². The Morgan fingerprint density at radius 2 is 2.05 bits per heavy atom. The van der Waals surface area contributed by atoms with Crippen LogP contribution in [0.15, 0.2) is 12.3 Å². The van der Waals surface area contributed by atoms with Crippen LogP contribution in [0.2, 0.25) is 0 Å². The molecule has 0 unspecified atom stereocenters. The number of rotatable bonds is 4. The van der Waals surface area contributed by atoms with Crippen molar-refractivity contribution in [1.82, 2.24) is 24.9 Å². The minimum atomic E-state index is -0.835. The van der Waals surface area contributed by atoms with Gasteiger partial charge in [-0.25, -0.2) is 4.79 Å². The van der Waals surface area contributed by atoms with Crippen molar-refractivity contribution in [3.8, 4) is 0 Å². The number of carbonyl (C=O) groups is 2. The maximum Gasteiger partial charge on any atom is 0.317 e. The van der Waals surface area contributed by atoms with E-state index in [0.29, 0.717) is 32.7 Å². The number of amides is 2. The van der Waals surface area contributed by atoms with Crippen molar-refractivity contribution < 1.29 is 14.7 Å². The number of aliphatic carboxylic acids is 1. The maximum absolute atomic E-state index is 12.0. The second-order valence-electron chi connectivity index (χ2n) is 4.80. The molecule has 2 amide bonds. The Labute approximate surface area is 117 Å². The number of hydrogen-bond donors (Lipinski definition) is 2. The Bertz CT molecular complexity index is 479. The second kappa shape index (κ2) is 6.38. The summed E-state index contributed by atoms with van der Waals surface area (Å²) in [6, 6.07) is 1.72. The fourth-order valence-corrected chi connectivity index (χ4v) is 2.14. The van der Waals surface area contributed by atoms with Crippen LogP contribution >= 0.6 is 0 Å². The van der Waals surface area contributed by atoms with Crippen LogP contribution in [0.1, 0.15) is 5.69 Å². The van der Waals surface area contributed by atoms with E-state index < -0.39 is 5.97 Å². The Kier molecular flexibility index (Phi) is 4.57. The number of nitrogens with one attached hydrogen (secondary N) is 1. The third-order valence-corrected chi connectivity index (χ3v) is 3.21. The summed E-state index contributed by atoms with van der Waals surface area (Å²) in [5.41, 5.74) is 0.811. The van der Waals surface area contributed by atoms with Crippen molar-refractivity contribution in [1.29, 1.82) is 0 Å². The second-order valence-corrected chi connectivity index (χ2v) is 4.80. The molecule has 1 aliphatic rings. The van der Waals surface area contributed by atoms with Gasteiger partial charge >= 0.3 is 12.0 Å². The van der Waals surface area contributed by atoms with Crippen molar-refractivity contribution in [2.24, 2.45) is 7.05 Å². The number of aromatic nitrogens is 2. The fraction of sp³-hybridized carbons (Fsp3) is 0.583. The van der Waals surface area contributed by atoms with Crippen LogP contribution in [-0.2, 0) is 18.4 Å². The van der Waals surface area contributed by atoms with E-state index in [2.05, 4.69) is 10.4 Å². The van der Waals surface area contributed by atoms with Crippen molar-refractivity contribution in [2.75, 3.05) is 32.7 Å². The van der Waals surface area contributed by atoms with Gasteiger partial charge in [0.1, 0.15) is 0 Å². The molecule has 8 heteroatoms. The lowest BCUT2D eigenvalue weighted by atomic mass is 10.3. The minimum absolute atomic E-state index is 0.0311. The number of aryl methyl sites for hydroxylation is 1. The van der Waals surface area contributed by atoms with Gasteiger partial charge in [0.05, 0.1) is 18.8 Å². The molecule has 1 aliphatic heterocycles. The SMILES string of the molecule is Cn1ccc(CNC(=O)N2CCN(CC(=O)O)CC2)n1. The molecule has 1 aromatic heterocycles. The van der Waals surface area contributed by atoms with Gasteiger partial charge in [0, 0.05) is 39.4 Å². The van der Waals surface area contributed by atoms with Gasteiger partial charge in [-0.15, -0.1) is 0 Å². The topological polar surface area (TPSA) is 90.7 Å². The molecule has 8 nitrogen and oxygen atoms in total. The highest BCUT2D eigenvalue weighted by Gasteiger charge is 2.21. The summed E-state index contributed by atoms with van der Waals surface area (Å²) < 4.78 is 1.69. The number of urea groups is 1. The molecule has 0 aromatic carbocycles. The largest absolute Gasteiger partial charge is 0.480 e. The molecule has 1 aromatic rings. The summed E-state index contributed by atoms with van der Waals surface area (Å²) in [6.07, 6.45) is 1.83. The number of nitrogens with zero attached hydrogens (tertiary/aromatic N) is 4. The van der Waals surface area contributed by atoms with Crippen LogP contribution in [0, 0.1) is 0 Å². The van der Waals surface area contributed by atoms with E-state index in [9.17, 15) is 9.59 Å². The first kappa shape index (κ1) is 14.3. The first-order valence-corrected chi connectivity index (χ1v) is 6.50. The van der Waals surface area contributed by atoms with Crippen LogP contribution in [-0.4, -0.2) is 69.4 Å². The molecule has 0 aliphatic carbocycles. The van der Waals surface area contributed by atoms with Gasteiger partial charge in [-0.05, 0) is 6.07 Å². The standard InChI is InChI=1S/C12H19N5O3/c1-15-3-2-10(14-15)8-13-12(20)17-6-4-16(5-7-17)9-11(18)19/h2-3H,4-9H2,1H3,(H,13,20)(H,18,19). The third-order valence-electron chi connectivity index (χ3n) is 3.21. The molecule has 0 saturated carbocycles. The van der Waals surface area contributed by atoms with Crippen molar-refractivity contribution in [2.45, 2.75) is 6.54 Å². The van der Waals surface area contributed by atoms with Gasteiger partial charge in [0.25, 0.3) is 0 Å². The number of hydrogen-bond acceptors (Lipinski definition) is 4. The van der Waals surface area contributed by atoms with Crippen LogP contribution in [0.4, 0.5) is 4.79 Å². The van der Waals surface area contributed by atoms with Gasteiger partial charge in [-0.3, -0.25) is 14.4 Å². The van der Waals surface area contributed by atoms with Crippen LogP contribution < -0.4 is 5.32 Å². The summed E-state index contributed by atoms with van der Waals surface area (Å²) in [4.78, 5) is 26.1. The van der Waals surface area contributed by atoms with Crippen molar-refractivity contribution in [3.63, 3.8) is 0 Å². The minimum Gasteiger partial charge on any atom is -0.480 e. The molecule has 110 valence electrons. The zero-order valence-corrected chi connectivity index (χ0v) is 11.4. The molecule has 0 bridgehead atoms. The number of carbonyl (C=O) groups excluding carboxylic acids is 1. The molecule has 0 radical (unpaired) electrons. The Morgan fingerprint density at radius 1 is 1.35 bits per heavy atom. The summed E-state index contributed by atoms with van der Waals surface area (Å²) >= 11 is 0. The predicted molar refractivity (Wildman–Crippen MR) is 71.1 cm³/mol. The average Bonchev–Trinajstić information content (AvgIpc) is 2.82. The van der Waals surface area contributed by atoms with E-state index in [1.54, 1.807) is 9.58 Å². The normalized spacial score (nSPS) is 16.1. The van der Waals surface area contributed by atoms with E-state index in [1.807, 2.05) is 24.2 Å². The predicted octanol–water partition coefficient (Wildman–Crippen LogP) is -0.668. The lowest BCUT2D eigenvalue weighted by Crippen LogP contribution is -2.52. The summed E-state index contributed by atoms with van der Waals surface area (Å²) in [6.45, 7) is 2.69. The number of carboxylic acids is 1. The highest BCUT2D eigenvalue weighted by atomic mass is 16.4. The number of carboxylic acid groups (broad SMARTS) is 1. The maximum atomic E-state index is 12.0. The van der Waals surface area contributed by atoms with Crippen LogP contribution in [0.25, 0.3) is 0 Å². The van der Waals surface area contributed by atoms with Gasteiger partial charge in [-0.1, -0.05) is 0 Å². The van der Waals surface area contributed by atoms with E-state index in [-0.39, 0.29) is 12.6 Å². The van der Waals surface area contributed by atoms with Gasteiger partial charge < -0.3 is 15.3 Å². The summed E-state index contributed by atoms with van der Waals surface area (Å²) in [5, 5.41) is 15.7. The van der Waals surface area contributed by atoms with E-state index in [1.165, 1.54) is 0 Å². The first-order valence-electron chi connectivity index (χ1n) is 6.50. The molecule has 2 N–H and O–H groups in total. The van der Waals surface area contributed by atoms with E-state index in [4.69, 9.17) is 5.11 Å². The van der Waals surface area contributed by atoms with Crippen LogP contribution in [0.3, 0.4) is 0 Å². The molecular weight excluding hydrogens is 262 g/mol. The lowest BCUT2D eigenvalue weighted by molar-refractivity contribution is -0.138. The summed E-state index contributed by atoms with van der Waals surface area (Å²) in [7, 11) is 1.83. The number of piperazine rings is 1. The quantitative estimate of drug-likeness (QED) is 0.764. The molecule has 0 spiro atoms. The van der Waals surface area contributed by atoms with Gasteiger partial charge in [0.15, 0.2) is 0 Å². The Morgan fingerprint density at radius 3 is 2.60 bits per heavy atom. The van der Waals surface area contributed by atoms with Crippen LogP contribution in [0.5, 0.6) is 0 Å². The molecule has 0 atom stereocenters. The van der Waals surface area contributed by atoms with E-state index >= 15 is 0 Å². The first-order chi connectivity index (χ1) is 9.54. The lowest BCUT2D eigenvalue weighted by Gasteiger charge is -2.33. The molecule has 1 saturated heterocycles. The molecule has 1 fully saturated rings. The zero-order valence-electron chi connectivity index (χ0n) is 11.4. The zero-order chi connectivity index (χ0) is 14.5. The molecular formula is C12H19N5O3. The highest BCUT2D eigenvalue weighted by molar-refractivity contribution is 5.74. The van der Waals surface area contributed by atoms with Crippen molar-refractivity contribution in [3.05, 3.63) is 18.0 Å². The molecule has 20 heavy (non-hydrogen) atoms. The monoisotopic (exact) mass is 281 g/mol. The molecule has 2 rings (SSSR count). The molecule has 2 heterocycles. The Balaban J connectivity index is 1.73. The third kappa shape index (κ3) is 3.95.